The molecule has 59 heavy (non-hydrogen) atoms. The van der Waals surface area contributed by atoms with Crippen molar-refractivity contribution >= 4 is 60.7 Å². The van der Waals surface area contributed by atoms with Gasteiger partial charge in [0.15, 0.2) is 0 Å². The number of hydrogen-bond donors (Lipinski definition) is 0. The van der Waals surface area contributed by atoms with Crippen molar-refractivity contribution in [1.29, 1.82) is 0 Å². The Balaban J connectivity index is 1.15. The van der Waals surface area contributed by atoms with Crippen molar-refractivity contribution in [3.8, 4) is 39.6 Å². The van der Waals surface area contributed by atoms with Gasteiger partial charge in [-0.15, -0.1) is 0 Å². The first kappa shape index (κ1) is 34.3. The monoisotopic (exact) mass is 759 g/mol. The van der Waals surface area contributed by atoms with Crippen LogP contribution in [0.25, 0.3) is 77.5 Å². The van der Waals surface area contributed by atoms with E-state index >= 15 is 0 Å². The van der Waals surface area contributed by atoms with E-state index in [2.05, 4.69) is 170 Å². The van der Waals surface area contributed by atoms with Gasteiger partial charge in [0.1, 0.15) is 5.75 Å². The minimum atomic E-state index is 0.807. The maximum atomic E-state index is 5.66. The molecule has 4 heterocycles. The van der Waals surface area contributed by atoms with Crippen LogP contribution in [0.1, 0.15) is 0 Å². The zero-order valence-electron chi connectivity index (χ0n) is 32.3. The molecule has 6 nitrogen and oxygen atoms in total. The van der Waals surface area contributed by atoms with Gasteiger partial charge in [-0.3, -0.25) is 9.97 Å². The topological polar surface area (TPSA) is 48.1 Å². The number of rotatable bonds is 8. The predicted octanol–water partition coefficient (Wildman–Crippen LogP) is 13.5. The van der Waals surface area contributed by atoms with Gasteiger partial charge >= 0.3 is 0 Å². The average molecular weight is 760 g/mol. The van der Waals surface area contributed by atoms with Gasteiger partial charge in [-0.1, -0.05) is 84.9 Å². The molecule has 0 spiro atoms. The summed E-state index contributed by atoms with van der Waals surface area (Å²) >= 11 is 0. The minimum absolute atomic E-state index is 0.807. The second-order valence-corrected chi connectivity index (χ2v) is 14.6. The normalized spacial score (nSPS) is 11.5. The molecule has 4 aromatic heterocycles. The van der Waals surface area contributed by atoms with Crippen molar-refractivity contribution < 1.29 is 4.74 Å². The zero-order valence-corrected chi connectivity index (χ0v) is 32.3. The minimum Gasteiger partial charge on any atom is -0.497 e. The molecule has 0 unspecified atom stereocenters. The summed E-state index contributed by atoms with van der Waals surface area (Å²) in [4.78, 5) is 11.6. The smallest absolute Gasteiger partial charge is 0.119 e. The fraction of sp³-hybridized carbons (Fsp3) is 0.0189. The quantitative estimate of drug-likeness (QED) is 0.155. The van der Waals surface area contributed by atoms with E-state index in [4.69, 9.17) is 4.74 Å². The van der Waals surface area contributed by atoms with Crippen molar-refractivity contribution in [3.63, 3.8) is 0 Å². The van der Waals surface area contributed by atoms with Crippen LogP contribution in [-0.4, -0.2) is 26.2 Å². The van der Waals surface area contributed by atoms with Crippen molar-refractivity contribution in [2.24, 2.45) is 0 Å². The highest BCUT2D eigenvalue weighted by molar-refractivity contribution is 6.20. The molecule has 0 fully saturated rings. The highest BCUT2D eigenvalue weighted by Gasteiger charge is 2.25. The molecule has 0 atom stereocenters. The summed E-state index contributed by atoms with van der Waals surface area (Å²) in [6, 6.07) is 68.7. The molecule has 0 bridgehead atoms. The third-order valence-electron chi connectivity index (χ3n) is 11.3. The van der Waals surface area contributed by atoms with E-state index < -0.39 is 0 Å². The van der Waals surface area contributed by atoms with E-state index in [1.54, 1.807) is 7.11 Å². The zero-order chi connectivity index (χ0) is 39.3. The lowest BCUT2D eigenvalue weighted by Gasteiger charge is -2.27. The molecule has 280 valence electrons. The summed E-state index contributed by atoms with van der Waals surface area (Å²) in [6.45, 7) is 0. The van der Waals surface area contributed by atoms with Crippen molar-refractivity contribution in [1.82, 2.24) is 19.1 Å². The molecular formula is C53H37N5O. The number of benzene rings is 7. The van der Waals surface area contributed by atoms with Crippen LogP contribution >= 0.6 is 0 Å². The van der Waals surface area contributed by atoms with Gasteiger partial charge in [0.25, 0.3) is 0 Å². The van der Waals surface area contributed by atoms with Gasteiger partial charge < -0.3 is 18.8 Å². The first-order valence-electron chi connectivity index (χ1n) is 19.8. The first-order valence-corrected chi connectivity index (χ1v) is 19.8. The Morgan fingerprint density at radius 1 is 0.407 bits per heavy atom. The molecule has 0 aliphatic carbocycles. The lowest BCUT2D eigenvalue weighted by molar-refractivity contribution is 0.415. The molecule has 0 saturated heterocycles. The molecule has 0 amide bonds. The van der Waals surface area contributed by atoms with Crippen LogP contribution in [0.5, 0.6) is 5.75 Å². The van der Waals surface area contributed by atoms with Gasteiger partial charge in [0, 0.05) is 62.1 Å². The van der Waals surface area contributed by atoms with Crippen LogP contribution in [0.15, 0.2) is 207 Å². The second kappa shape index (κ2) is 14.2. The van der Waals surface area contributed by atoms with Gasteiger partial charge in [0.2, 0.25) is 0 Å². The van der Waals surface area contributed by atoms with Gasteiger partial charge in [0.05, 0.1) is 51.9 Å². The SMILES string of the molecule is COc1ccc(N(c2cccc3c2c2ccccc2n3-c2ccc(-c3ccccn3)cc2)c2cccc3c2c2ccccc2n3-c2ccc(-c3ccccn3)cc2)cc1. The third-order valence-corrected chi connectivity index (χ3v) is 11.3. The van der Waals surface area contributed by atoms with Crippen LogP contribution in [-0.2, 0) is 0 Å². The Morgan fingerprint density at radius 3 is 1.29 bits per heavy atom. The molecule has 7 aromatic carbocycles. The summed E-state index contributed by atoms with van der Waals surface area (Å²) in [6.07, 6.45) is 3.68. The van der Waals surface area contributed by atoms with Crippen LogP contribution in [0.2, 0.25) is 0 Å². The van der Waals surface area contributed by atoms with E-state index in [1.807, 2.05) is 60.9 Å². The summed E-state index contributed by atoms with van der Waals surface area (Å²) in [5, 5.41) is 4.68. The third kappa shape index (κ3) is 5.72. The van der Waals surface area contributed by atoms with Crippen LogP contribution < -0.4 is 9.64 Å². The maximum absolute atomic E-state index is 5.66. The number of aromatic nitrogens is 4. The van der Waals surface area contributed by atoms with E-state index in [0.29, 0.717) is 0 Å². The predicted molar refractivity (Wildman–Crippen MR) is 243 cm³/mol. The largest absolute Gasteiger partial charge is 0.497 e. The highest BCUT2D eigenvalue weighted by atomic mass is 16.5. The Kier molecular flexibility index (Phi) is 8.26. The number of nitrogens with zero attached hydrogens (tertiary/aromatic N) is 5. The molecule has 6 heteroatoms. The Morgan fingerprint density at radius 2 is 0.847 bits per heavy atom. The number of pyridine rings is 2. The molecule has 0 aliphatic heterocycles. The lowest BCUT2D eigenvalue weighted by atomic mass is 10.1. The summed E-state index contributed by atoms with van der Waals surface area (Å²) in [5.74, 6) is 0.807. The van der Waals surface area contributed by atoms with Gasteiger partial charge in [-0.25, -0.2) is 0 Å². The lowest BCUT2D eigenvalue weighted by Crippen LogP contribution is -2.11. The summed E-state index contributed by atoms with van der Waals surface area (Å²) < 4.78 is 10.4. The van der Waals surface area contributed by atoms with Crippen LogP contribution in [0.3, 0.4) is 0 Å². The first-order chi connectivity index (χ1) is 29.2. The molecule has 11 rings (SSSR count). The number of hydrogen-bond acceptors (Lipinski definition) is 4. The Bertz CT molecular complexity index is 3080. The Labute approximate surface area is 341 Å². The average Bonchev–Trinajstić information content (AvgIpc) is 3.84. The fourth-order valence-corrected chi connectivity index (χ4v) is 8.70. The van der Waals surface area contributed by atoms with E-state index in [0.717, 1.165) is 78.8 Å². The van der Waals surface area contributed by atoms with E-state index in [9.17, 15) is 0 Å². The van der Waals surface area contributed by atoms with Crippen LogP contribution in [0.4, 0.5) is 17.1 Å². The van der Waals surface area contributed by atoms with E-state index in [1.165, 1.54) is 21.5 Å². The van der Waals surface area contributed by atoms with E-state index in [-0.39, 0.29) is 0 Å². The molecule has 0 aliphatic rings. The molecule has 11 aromatic rings. The molecule has 0 saturated carbocycles. The summed E-state index contributed by atoms with van der Waals surface area (Å²) in [7, 11) is 1.71. The van der Waals surface area contributed by atoms with Gasteiger partial charge in [-0.05, 0) is 109 Å². The number of fused-ring (bicyclic) bond motifs is 6. The number of methoxy groups -OCH3 is 1. The molecule has 0 N–H and O–H groups in total. The highest BCUT2D eigenvalue weighted by Crippen LogP contribution is 2.48. The number of ether oxygens (including phenoxy) is 1. The number of anilines is 3. The fourth-order valence-electron chi connectivity index (χ4n) is 8.70. The van der Waals surface area contributed by atoms with Gasteiger partial charge in [-0.2, -0.15) is 0 Å². The van der Waals surface area contributed by atoms with Crippen molar-refractivity contribution in [2.75, 3.05) is 12.0 Å². The van der Waals surface area contributed by atoms with Crippen LogP contribution in [0, 0.1) is 0 Å². The Hall–Kier alpha value is -7.96. The summed E-state index contributed by atoms with van der Waals surface area (Å²) in [5.41, 5.74) is 13.9. The standard InChI is InChI=1S/C53H37N5O/c1-59-41-32-30-40(31-33-41)58(50-20-10-18-48-52(50)42-12-2-4-16-46(42)56(48)38-26-22-36(23-27-38)44-14-6-8-34-54-44)51-21-11-19-49-53(51)43-13-3-5-17-47(43)57(49)39-28-24-37(25-29-39)45-15-7-9-35-55-45/h2-35H,1H3. The molecule has 0 radical (unpaired) electrons. The number of para-hydroxylation sites is 2. The second-order valence-electron chi connectivity index (χ2n) is 14.6. The van der Waals surface area contributed by atoms with Crippen molar-refractivity contribution in [3.05, 3.63) is 207 Å². The maximum Gasteiger partial charge on any atom is 0.119 e. The van der Waals surface area contributed by atoms with Crippen molar-refractivity contribution in [2.45, 2.75) is 0 Å². The molecular weight excluding hydrogens is 723 g/mol.